The summed E-state index contributed by atoms with van der Waals surface area (Å²) in [5, 5.41) is 0. The monoisotopic (exact) mass is 358 g/mol. The molecule has 1 fully saturated rings. The van der Waals surface area contributed by atoms with Gasteiger partial charge in [-0.1, -0.05) is 25.7 Å². The molecule has 1 saturated heterocycles. The van der Waals surface area contributed by atoms with Crippen LogP contribution in [0.3, 0.4) is 0 Å². The van der Waals surface area contributed by atoms with Crippen molar-refractivity contribution in [1.29, 1.82) is 0 Å². The number of piperazine rings is 1. The lowest BCUT2D eigenvalue weighted by Gasteiger charge is -2.39. The zero-order chi connectivity index (χ0) is 19.1. The lowest BCUT2D eigenvalue weighted by Crippen LogP contribution is -2.57. The lowest BCUT2D eigenvalue weighted by molar-refractivity contribution is -0.138. The summed E-state index contributed by atoms with van der Waals surface area (Å²) < 4.78 is 10.7. The van der Waals surface area contributed by atoms with Gasteiger partial charge in [0.1, 0.15) is 12.6 Å². The molecule has 0 aliphatic carbocycles. The molecule has 6 nitrogen and oxygen atoms in total. The fourth-order valence-electron chi connectivity index (χ4n) is 3.04. The van der Waals surface area contributed by atoms with Gasteiger partial charge < -0.3 is 19.3 Å². The van der Waals surface area contributed by atoms with Crippen LogP contribution in [0.5, 0.6) is 11.5 Å². The fraction of sp³-hybridized carbons (Fsp3) is 0.500. The zero-order valence-corrected chi connectivity index (χ0v) is 15.7. The topological polar surface area (TPSA) is 59.1 Å². The Morgan fingerprint density at radius 3 is 2.77 bits per heavy atom. The van der Waals surface area contributed by atoms with Crippen LogP contribution in [-0.4, -0.2) is 61.5 Å². The van der Waals surface area contributed by atoms with Gasteiger partial charge in [-0.15, -0.1) is 6.42 Å². The van der Waals surface area contributed by atoms with Gasteiger partial charge in [0, 0.05) is 25.7 Å². The second-order valence-electron chi connectivity index (χ2n) is 6.27. The largest absolute Gasteiger partial charge is 0.493 e. The lowest BCUT2D eigenvalue weighted by atomic mass is 10.0. The SMILES string of the molecule is C#CCOc1cc(C(=O)N2CCN(C)C(=O)C2CCCC)ccc1OC. The normalized spacial score (nSPS) is 17.0. The summed E-state index contributed by atoms with van der Waals surface area (Å²) in [6.07, 6.45) is 7.78. The summed E-state index contributed by atoms with van der Waals surface area (Å²) in [6, 6.07) is 4.57. The minimum Gasteiger partial charge on any atom is -0.493 e. The predicted octanol–water partition coefficient (Wildman–Crippen LogP) is 2.18. The van der Waals surface area contributed by atoms with E-state index in [1.54, 1.807) is 35.0 Å². The van der Waals surface area contributed by atoms with Crippen LogP contribution in [0.15, 0.2) is 18.2 Å². The standard InChI is InChI=1S/C20H26N2O4/c1-5-7-8-16-20(24)21(3)11-12-22(16)19(23)15-9-10-17(25-4)18(14-15)26-13-6-2/h2,9-10,14,16H,5,7-8,11-13H2,1,3-4H3. The molecule has 0 spiro atoms. The Kier molecular flexibility index (Phi) is 6.90. The first kappa shape index (κ1) is 19.6. The average molecular weight is 358 g/mol. The van der Waals surface area contributed by atoms with Crippen molar-refractivity contribution in [3.8, 4) is 23.8 Å². The second-order valence-corrected chi connectivity index (χ2v) is 6.27. The van der Waals surface area contributed by atoms with Crippen LogP contribution in [0.4, 0.5) is 0 Å². The molecule has 0 bridgehead atoms. The maximum atomic E-state index is 13.1. The van der Waals surface area contributed by atoms with Crippen molar-refractivity contribution in [3.05, 3.63) is 23.8 Å². The minimum atomic E-state index is -0.418. The highest BCUT2D eigenvalue weighted by atomic mass is 16.5. The summed E-state index contributed by atoms with van der Waals surface area (Å²) in [5.74, 6) is 3.14. The predicted molar refractivity (Wildman–Crippen MR) is 99.3 cm³/mol. The van der Waals surface area contributed by atoms with Gasteiger partial charge in [-0.05, 0) is 24.6 Å². The van der Waals surface area contributed by atoms with Gasteiger partial charge in [0.25, 0.3) is 5.91 Å². The van der Waals surface area contributed by atoms with Crippen LogP contribution in [0.25, 0.3) is 0 Å². The summed E-state index contributed by atoms with van der Waals surface area (Å²) in [5.41, 5.74) is 0.455. The summed E-state index contributed by atoms with van der Waals surface area (Å²) in [6.45, 7) is 3.20. The van der Waals surface area contributed by atoms with Gasteiger partial charge in [0.2, 0.25) is 5.91 Å². The molecule has 26 heavy (non-hydrogen) atoms. The van der Waals surface area contributed by atoms with Crippen molar-refractivity contribution >= 4 is 11.8 Å². The van der Waals surface area contributed by atoms with Crippen LogP contribution in [-0.2, 0) is 4.79 Å². The molecule has 1 atom stereocenters. The van der Waals surface area contributed by atoms with Gasteiger partial charge in [-0.3, -0.25) is 9.59 Å². The highest BCUT2D eigenvalue weighted by molar-refractivity contribution is 5.98. The van der Waals surface area contributed by atoms with Crippen molar-refractivity contribution < 1.29 is 19.1 Å². The van der Waals surface area contributed by atoms with Crippen LogP contribution < -0.4 is 9.47 Å². The molecule has 1 aromatic rings. The van der Waals surface area contributed by atoms with Crippen LogP contribution >= 0.6 is 0 Å². The van der Waals surface area contributed by atoms with Gasteiger partial charge in [-0.25, -0.2) is 0 Å². The van der Waals surface area contributed by atoms with Crippen molar-refractivity contribution in [1.82, 2.24) is 9.80 Å². The molecule has 6 heteroatoms. The zero-order valence-electron chi connectivity index (χ0n) is 15.7. The molecule has 0 N–H and O–H groups in total. The second kappa shape index (κ2) is 9.14. The number of hydrogen-bond acceptors (Lipinski definition) is 4. The Balaban J connectivity index is 2.27. The van der Waals surface area contributed by atoms with E-state index in [9.17, 15) is 9.59 Å². The number of amides is 2. The van der Waals surface area contributed by atoms with Gasteiger partial charge in [0.05, 0.1) is 7.11 Å². The number of carbonyl (C=O) groups excluding carboxylic acids is 2. The highest BCUT2D eigenvalue weighted by Crippen LogP contribution is 2.29. The Morgan fingerprint density at radius 2 is 2.12 bits per heavy atom. The summed E-state index contributed by atoms with van der Waals surface area (Å²) in [4.78, 5) is 29.0. The maximum Gasteiger partial charge on any atom is 0.254 e. The molecular weight excluding hydrogens is 332 g/mol. The quantitative estimate of drug-likeness (QED) is 0.701. The number of ether oxygens (including phenoxy) is 2. The van der Waals surface area contributed by atoms with Crippen LogP contribution in [0.2, 0.25) is 0 Å². The molecule has 1 aromatic carbocycles. The van der Waals surface area contributed by atoms with E-state index in [-0.39, 0.29) is 18.4 Å². The van der Waals surface area contributed by atoms with E-state index >= 15 is 0 Å². The van der Waals surface area contributed by atoms with Crippen molar-refractivity contribution in [2.75, 3.05) is 33.9 Å². The van der Waals surface area contributed by atoms with E-state index in [4.69, 9.17) is 15.9 Å². The van der Waals surface area contributed by atoms with E-state index < -0.39 is 6.04 Å². The third-order valence-electron chi connectivity index (χ3n) is 4.53. The van der Waals surface area contributed by atoms with Crippen LogP contribution in [0, 0.1) is 12.3 Å². The van der Waals surface area contributed by atoms with E-state index in [1.165, 1.54) is 7.11 Å². The molecule has 0 aromatic heterocycles. The molecule has 1 aliphatic heterocycles. The number of nitrogens with zero attached hydrogens (tertiary/aromatic N) is 2. The van der Waals surface area contributed by atoms with Crippen LogP contribution in [0.1, 0.15) is 36.5 Å². The Labute approximate surface area is 155 Å². The Morgan fingerprint density at radius 1 is 1.35 bits per heavy atom. The molecule has 140 valence electrons. The van der Waals surface area contributed by atoms with E-state index in [1.807, 2.05) is 0 Å². The molecule has 1 unspecified atom stereocenters. The summed E-state index contributed by atoms with van der Waals surface area (Å²) in [7, 11) is 3.31. The number of likely N-dealkylation sites (N-methyl/N-ethyl adjacent to an activating group) is 1. The maximum absolute atomic E-state index is 13.1. The summed E-state index contributed by atoms with van der Waals surface area (Å²) >= 11 is 0. The smallest absolute Gasteiger partial charge is 0.254 e. The number of methoxy groups -OCH3 is 1. The third-order valence-corrected chi connectivity index (χ3v) is 4.53. The van der Waals surface area contributed by atoms with Gasteiger partial charge in [0.15, 0.2) is 11.5 Å². The van der Waals surface area contributed by atoms with Crippen molar-refractivity contribution in [2.24, 2.45) is 0 Å². The number of rotatable bonds is 7. The highest BCUT2D eigenvalue weighted by Gasteiger charge is 2.35. The van der Waals surface area contributed by atoms with E-state index in [2.05, 4.69) is 12.8 Å². The number of terminal acetylenes is 1. The molecule has 0 radical (unpaired) electrons. The number of carbonyl (C=O) groups is 2. The van der Waals surface area contributed by atoms with Gasteiger partial charge >= 0.3 is 0 Å². The molecule has 1 heterocycles. The van der Waals surface area contributed by atoms with E-state index in [0.29, 0.717) is 36.6 Å². The molecular formula is C20H26N2O4. The van der Waals surface area contributed by atoms with Crippen molar-refractivity contribution in [3.63, 3.8) is 0 Å². The fourth-order valence-corrected chi connectivity index (χ4v) is 3.04. The Hall–Kier alpha value is -2.68. The number of benzene rings is 1. The molecule has 2 rings (SSSR count). The molecule has 2 amide bonds. The first-order valence-electron chi connectivity index (χ1n) is 8.83. The third kappa shape index (κ3) is 4.29. The average Bonchev–Trinajstić information content (AvgIpc) is 2.66. The Bertz CT molecular complexity index is 696. The minimum absolute atomic E-state index is 0.00429. The first-order chi connectivity index (χ1) is 12.5. The van der Waals surface area contributed by atoms with Gasteiger partial charge in [-0.2, -0.15) is 0 Å². The number of unbranched alkanes of at least 4 members (excludes halogenated alkanes) is 1. The van der Waals surface area contributed by atoms with Crippen molar-refractivity contribution in [2.45, 2.75) is 32.2 Å². The molecule has 1 aliphatic rings. The molecule has 0 saturated carbocycles. The van der Waals surface area contributed by atoms with E-state index in [0.717, 1.165) is 12.8 Å². The first-order valence-corrected chi connectivity index (χ1v) is 8.83. The number of hydrogen-bond donors (Lipinski definition) is 0.